The molecule has 0 aromatic heterocycles. The molecule has 19 heavy (non-hydrogen) atoms. The molecule has 0 radical (unpaired) electrons. The maximum Gasteiger partial charge on any atom is 0.284 e. The van der Waals surface area contributed by atoms with Crippen LogP contribution >= 0.6 is 35.0 Å². The molecule has 0 aliphatic carbocycles. The Labute approximate surface area is 123 Å². The van der Waals surface area contributed by atoms with E-state index in [9.17, 15) is 15.2 Å². The molecule has 0 saturated heterocycles. The van der Waals surface area contributed by atoms with Gasteiger partial charge in [0.05, 0.1) is 19.9 Å². The van der Waals surface area contributed by atoms with Crippen LogP contribution < -0.4 is 0 Å². The highest BCUT2D eigenvalue weighted by molar-refractivity contribution is 7.99. The first-order chi connectivity index (χ1) is 8.97. The van der Waals surface area contributed by atoms with E-state index in [1.165, 1.54) is 24.3 Å². The lowest BCUT2D eigenvalue weighted by molar-refractivity contribution is -0.387. The van der Waals surface area contributed by atoms with Gasteiger partial charge in [-0.05, 0) is 24.3 Å². The van der Waals surface area contributed by atoms with E-state index >= 15 is 0 Å². The van der Waals surface area contributed by atoms with Crippen molar-refractivity contribution in [3.05, 3.63) is 56.6 Å². The molecule has 0 amide bonds. The first-order valence-corrected chi connectivity index (χ1v) is 6.65. The van der Waals surface area contributed by atoms with Gasteiger partial charge < -0.3 is 5.11 Å². The zero-order valence-electron chi connectivity index (χ0n) is 9.34. The molecular weight excluding hydrogens is 309 g/mol. The van der Waals surface area contributed by atoms with Crippen LogP contribution in [0.1, 0.15) is 0 Å². The summed E-state index contributed by atoms with van der Waals surface area (Å²) in [4.78, 5) is 11.5. The maximum atomic E-state index is 11.0. The third kappa shape index (κ3) is 3.32. The minimum Gasteiger partial charge on any atom is -0.508 e. The van der Waals surface area contributed by atoms with E-state index in [2.05, 4.69) is 0 Å². The summed E-state index contributed by atoms with van der Waals surface area (Å²) in [6, 6.07) is 9.08. The van der Waals surface area contributed by atoms with Gasteiger partial charge in [0.1, 0.15) is 5.75 Å². The fraction of sp³-hybridized carbons (Fsp3) is 0. The van der Waals surface area contributed by atoms with Gasteiger partial charge in [0.15, 0.2) is 0 Å². The average molecular weight is 316 g/mol. The smallest absolute Gasteiger partial charge is 0.284 e. The normalized spacial score (nSPS) is 10.4. The molecule has 2 aromatic rings. The fourth-order valence-electron chi connectivity index (χ4n) is 1.42. The Balaban J connectivity index is 2.44. The summed E-state index contributed by atoms with van der Waals surface area (Å²) in [5.41, 5.74) is -0.122. The van der Waals surface area contributed by atoms with Crippen molar-refractivity contribution in [3.63, 3.8) is 0 Å². The lowest BCUT2D eigenvalue weighted by Crippen LogP contribution is -1.91. The van der Waals surface area contributed by atoms with Crippen LogP contribution in [0.2, 0.25) is 10.0 Å². The predicted molar refractivity (Wildman–Crippen MR) is 75.3 cm³/mol. The van der Waals surface area contributed by atoms with Gasteiger partial charge in [-0.15, -0.1) is 0 Å². The molecule has 0 atom stereocenters. The molecule has 0 saturated carbocycles. The van der Waals surface area contributed by atoms with Crippen LogP contribution in [0, 0.1) is 10.1 Å². The minimum absolute atomic E-state index is 0.0905. The van der Waals surface area contributed by atoms with Gasteiger partial charge in [0, 0.05) is 11.0 Å². The van der Waals surface area contributed by atoms with Crippen molar-refractivity contribution in [1.29, 1.82) is 0 Å². The molecular formula is C12H7Cl2NO3S. The monoisotopic (exact) mass is 315 g/mol. The molecule has 2 rings (SSSR count). The highest BCUT2D eigenvalue weighted by atomic mass is 35.5. The number of hydrogen-bond donors (Lipinski definition) is 1. The SMILES string of the molecule is O=[N+]([O-])c1cc(Cl)c(Cl)cc1Sc1cccc(O)c1. The molecule has 0 aliphatic heterocycles. The van der Waals surface area contributed by atoms with Crippen molar-refractivity contribution >= 4 is 40.7 Å². The summed E-state index contributed by atoms with van der Waals surface area (Å²) in [5.74, 6) is 0.0905. The Hall–Kier alpha value is -1.43. The van der Waals surface area contributed by atoms with Crippen molar-refractivity contribution in [2.24, 2.45) is 0 Å². The van der Waals surface area contributed by atoms with E-state index in [1.54, 1.807) is 12.1 Å². The lowest BCUT2D eigenvalue weighted by Gasteiger charge is -2.05. The Morgan fingerprint density at radius 1 is 1.16 bits per heavy atom. The second kappa shape index (κ2) is 5.69. The fourth-order valence-corrected chi connectivity index (χ4v) is 2.80. The zero-order valence-corrected chi connectivity index (χ0v) is 11.7. The van der Waals surface area contributed by atoms with Crippen LogP contribution in [0.25, 0.3) is 0 Å². The highest BCUT2D eigenvalue weighted by Gasteiger charge is 2.18. The first kappa shape index (κ1) is 14.0. The summed E-state index contributed by atoms with van der Waals surface area (Å²) in [6.07, 6.45) is 0. The van der Waals surface area contributed by atoms with Crippen molar-refractivity contribution in [1.82, 2.24) is 0 Å². The number of phenolic OH excluding ortho intramolecular Hbond substituents is 1. The lowest BCUT2D eigenvalue weighted by atomic mass is 10.3. The Kier molecular flexibility index (Phi) is 4.19. The number of rotatable bonds is 3. The number of aromatic hydroxyl groups is 1. The molecule has 1 N–H and O–H groups in total. The summed E-state index contributed by atoms with van der Waals surface area (Å²) >= 11 is 12.8. The molecule has 0 unspecified atom stereocenters. The van der Waals surface area contributed by atoms with Gasteiger partial charge in [-0.25, -0.2) is 0 Å². The third-order valence-corrected chi connectivity index (χ3v) is 4.00. The molecule has 4 nitrogen and oxygen atoms in total. The highest BCUT2D eigenvalue weighted by Crippen LogP contribution is 2.40. The second-order valence-electron chi connectivity index (χ2n) is 3.59. The molecule has 0 heterocycles. The standard InChI is InChI=1S/C12H7Cl2NO3S/c13-9-5-11(15(17)18)12(6-10(9)14)19-8-3-1-2-7(16)4-8/h1-6,16H. The molecule has 2 aromatic carbocycles. The van der Waals surface area contributed by atoms with E-state index in [0.717, 1.165) is 11.8 Å². The molecule has 7 heteroatoms. The summed E-state index contributed by atoms with van der Waals surface area (Å²) in [7, 11) is 0. The largest absolute Gasteiger partial charge is 0.508 e. The van der Waals surface area contributed by atoms with Crippen LogP contribution in [0.4, 0.5) is 5.69 Å². The topological polar surface area (TPSA) is 63.4 Å². The van der Waals surface area contributed by atoms with E-state index < -0.39 is 4.92 Å². The predicted octanol–water partition coefficient (Wildman–Crippen LogP) is 4.76. The van der Waals surface area contributed by atoms with Crippen molar-refractivity contribution in [2.45, 2.75) is 9.79 Å². The van der Waals surface area contributed by atoms with Crippen LogP contribution in [0.5, 0.6) is 5.75 Å². The first-order valence-electron chi connectivity index (χ1n) is 5.07. The minimum atomic E-state index is -0.520. The van der Waals surface area contributed by atoms with Gasteiger partial charge in [0.25, 0.3) is 5.69 Å². The molecule has 0 aliphatic rings. The van der Waals surface area contributed by atoms with E-state index in [-0.39, 0.29) is 21.5 Å². The van der Waals surface area contributed by atoms with Gasteiger partial charge >= 0.3 is 0 Å². The number of phenols is 1. The Morgan fingerprint density at radius 3 is 2.47 bits per heavy atom. The van der Waals surface area contributed by atoms with Gasteiger partial charge in [-0.2, -0.15) is 0 Å². The Morgan fingerprint density at radius 2 is 1.84 bits per heavy atom. The number of benzene rings is 2. The van der Waals surface area contributed by atoms with E-state index in [0.29, 0.717) is 9.79 Å². The van der Waals surface area contributed by atoms with Crippen LogP contribution in [-0.2, 0) is 0 Å². The average Bonchev–Trinajstić information content (AvgIpc) is 2.33. The second-order valence-corrected chi connectivity index (χ2v) is 5.52. The quantitative estimate of drug-likeness (QED) is 0.655. The Bertz CT molecular complexity index is 649. The number of nitrogens with zero attached hydrogens (tertiary/aromatic N) is 1. The molecule has 0 spiro atoms. The number of nitro benzene ring substituents is 1. The number of hydrogen-bond acceptors (Lipinski definition) is 4. The van der Waals surface area contributed by atoms with Crippen molar-refractivity contribution in [2.75, 3.05) is 0 Å². The number of nitro groups is 1. The van der Waals surface area contributed by atoms with Gasteiger partial charge in [-0.3, -0.25) is 10.1 Å². The molecule has 0 fully saturated rings. The van der Waals surface area contributed by atoms with E-state index in [1.807, 2.05) is 0 Å². The molecule has 0 bridgehead atoms. The van der Waals surface area contributed by atoms with Crippen LogP contribution in [0.3, 0.4) is 0 Å². The van der Waals surface area contributed by atoms with Gasteiger partial charge in [-0.1, -0.05) is 41.0 Å². The third-order valence-electron chi connectivity index (χ3n) is 2.24. The van der Waals surface area contributed by atoms with E-state index in [4.69, 9.17) is 23.2 Å². The maximum absolute atomic E-state index is 11.0. The molecule has 98 valence electrons. The van der Waals surface area contributed by atoms with Crippen LogP contribution in [0.15, 0.2) is 46.2 Å². The summed E-state index contributed by atoms with van der Waals surface area (Å²) in [5, 5.41) is 20.7. The van der Waals surface area contributed by atoms with Gasteiger partial charge in [0.2, 0.25) is 0 Å². The summed E-state index contributed by atoms with van der Waals surface area (Å²) in [6.45, 7) is 0. The van der Waals surface area contributed by atoms with Crippen LogP contribution in [-0.4, -0.2) is 10.0 Å². The zero-order chi connectivity index (χ0) is 14.0. The van der Waals surface area contributed by atoms with Crippen molar-refractivity contribution < 1.29 is 10.0 Å². The number of halogens is 2. The summed E-state index contributed by atoms with van der Waals surface area (Å²) < 4.78 is 0. The van der Waals surface area contributed by atoms with Crippen molar-refractivity contribution in [3.8, 4) is 5.75 Å².